The lowest BCUT2D eigenvalue weighted by atomic mass is 10.2. The van der Waals surface area contributed by atoms with Gasteiger partial charge in [0.1, 0.15) is 0 Å². The molecule has 0 aromatic carbocycles. The summed E-state index contributed by atoms with van der Waals surface area (Å²) in [4.78, 5) is 2.24. The number of hydrogen-bond acceptors (Lipinski definition) is 3. The van der Waals surface area contributed by atoms with Gasteiger partial charge in [-0.1, -0.05) is 13.0 Å². The van der Waals surface area contributed by atoms with E-state index in [4.69, 9.17) is 5.14 Å². The Labute approximate surface area is 79.5 Å². The fourth-order valence-electron chi connectivity index (χ4n) is 1.66. The lowest BCUT2D eigenvalue weighted by Crippen LogP contribution is -2.27. The van der Waals surface area contributed by atoms with Gasteiger partial charge in [-0.2, -0.15) is 0 Å². The van der Waals surface area contributed by atoms with Crippen LogP contribution < -0.4 is 5.14 Å². The number of primary sulfonamides is 1. The fourth-order valence-corrected chi connectivity index (χ4v) is 2.06. The highest BCUT2D eigenvalue weighted by Crippen LogP contribution is 2.17. The number of nitrogens with zero attached hydrogens (tertiary/aromatic N) is 1. The van der Waals surface area contributed by atoms with Crippen molar-refractivity contribution < 1.29 is 8.42 Å². The van der Waals surface area contributed by atoms with E-state index in [0.29, 0.717) is 0 Å². The Kier molecular flexibility index (Phi) is 3.47. The first-order chi connectivity index (χ1) is 6.03. The van der Waals surface area contributed by atoms with Gasteiger partial charge in [0.05, 0.1) is 0 Å². The molecule has 0 bridgehead atoms. The third kappa shape index (κ3) is 3.46. The third-order valence-corrected chi connectivity index (χ3v) is 2.85. The predicted molar refractivity (Wildman–Crippen MR) is 52.5 cm³/mol. The van der Waals surface area contributed by atoms with Crippen LogP contribution >= 0.6 is 0 Å². The van der Waals surface area contributed by atoms with Crippen molar-refractivity contribution in [3.05, 3.63) is 11.5 Å². The van der Waals surface area contributed by atoms with Crippen LogP contribution in [0.3, 0.4) is 0 Å². The van der Waals surface area contributed by atoms with Crippen LogP contribution in [0.25, 0.3) is 0 Å². The van der Waals surface area contributed by atoms with Crippen molar-refractivity contribution >= 4 is 10.0 Å². The monoisotopic (exact) mass is 204 g/mol. The fraction of sp³-hybridized carbons (Fsp3) is 0.750. The van der Waals surface area contributed by atoms with Crippen molar-refractivity contribution in [2.24, 2.45) is 5.14 Å². The smallest absolute Gasteiger partial charge is 0.230 e. The summed E-state index contributed by atoms with van der Waals surface area (Å²) in [5.74, 6) is 0. The highest BCUT2D eigenvalue weighted by molar-refractivity contribution is 7.92. The molecule has 1 atom stereocenters. The molecule has 0 spiro atoms. The minimum Gasteiger partial charge on any atom is -0.297 e. The van der Waals surface area contributed by atoms with Gasteiger partial charge in [0.25, 0.3) is 0 Å². The van der Waals surface area contributed by atoms with E-state index in [1.807, 2.05) is 0 Å². The second kappa shape index (κ2) is 4.21. The highest BCUT2D eigenvalue weighted by atomic mass is 32.2. The van der Waals surface area contributed by atoms with E-state index < -0.39 is 10.0 Å². The van der Waals surface area contributed by atoms with Gasteiger partial charge >= 0.3 is 0 Å². The van der Waals surface area contributed by atoms with Crippen LogP contribution in [0.2, 0.25) is 0 Å². The molecule has 0 amide bonds. The first-order valence-electron chi connectivity index (χ1n) is 4.48. The zero-order valence-electron chi connectivity index (χ0n) is 7.81. The van der Waals surface area contributed by atoms with E-state index in [1.165, 1.54) is 0 Å². The normalized spacial score (nSPS) is 25.8. The van der Waals surface area contributed by atoms with Gasteiger partial charge in [-0.3, -0.25) is 4.90 Å². The first-order valence-corrected chi connectivity index (χ1v) is 6.09. The molecule has 76 valence electrons. The molecule has 0 aromatic heterocycles. The van der Waals surface area contributed by atoms with Crippen molar-refractivity contribution in [1.29, 1.82) is 0 Å². The summed E-state index contributed by atoms with van der Waals surface area (Å²) in [6, 6.07) is 0.253. The van der Waals surface area contributed by atoms with Crippen LogP contribution in [0.5, 0.6) is 0 Å². The molecule has 0 unspecified atom stereocenters. The topological polar surface area (TPSA) is 63.4 Å². The number of sulfonamides is 1. The number of rotatable bonds is 3. The van der Waals surface area contributed by atoms with Crippen molar-refractivity contribution in [1.82, 2.24) is 4.90 Å². The van der Waals surface area contributed by atoms with Gasteiger partial charge in [0, 0.05) is 11.4 Å². The third-order valence-electron chi connectivity index (χ3n) is 2.31. The maximum absolute atomic E-state index is 10.7. The molecule has 0 saturated carbocycles. The largest absolute Gasteiger partial charge is 0.297 e. The lowest BCUT2D eigenvalue weighted by molar-refractivity contribution is 0.306. The molecule has 4 nitrogen and oxygen atoms in total. The molecule has 1 aliphatic rings. The zero-order valence-corrected chi connectivity index (χ0v) is 8.63. The van der Waals surface area contributed by atoms with Gasteiger partial charge in [-0.25, -0.2) is 13.6 Å². The van der Waals surface area contributed by atoms with Crippen LogP contribution in [0.4, 0.5) is 0 Å². The summed E-state index contributed by atoms with van der Waals surface area (Å²) in [6.07, 6.45) is 3.85. The van der Waals surface area contributed by atoms with Crippen molar-refractivity contribution in [2.75, 3.05) is 13.1 Å². The van der Waals surface area contributed by atoms with Gasteiger partial charge < -0.3 is 0 Å². The Balaban J connectivity index is 2.58. The molecule has 1 rings (SSSR count). The molecule has 0 radical (unpaired) electrons. The number of nitrogens with two attached hydrogens (primary N) is 1. The second-order valence-corrected chi connectivity index (χ2v) is 4.71. The SMILES string of the molecule is CCN1CCC[C@H]1/C=C/S(N)(=O)=O. The number of likely N-dealkylation sites (N-methyl/N-ethyl adjacent to an activating group) is 1. The Morgan fingerprint density at radius 1 is 1.62 bits per heavy atom. The van der Waals surface area contributed by atoms with Crippen molar-refractivity contribution in [3.8, 4) is 0 Å². The quantitative estimate of drug-likeness (QED) is 0.718. The minimum absolute atomic E-state index is 0.253. The number of hydrogen-bond donors (Lipinski definition) is 1. The molecule has 1 aliphatic heterocycles. The van der Waals surface area contributed by atoms with Gasteiger partial charge in [0.2, 0.25) is 10.0 Å². The standard InChI is InChI=1S/C8H16N2O2S/c1-2-10-6-3-4-8(10)5-7-13(9,11)12/h5,7-8H,2-4,6H2,1H3,(H2,9,11,12)/b7-5+/t8-/m0/s1. The lowest BCUT2D eigenvalue weighted by Gasteiger charge is -2.18. The Hall–Kier alpha value is -0.390. The Bertz CT molecular complexity index is 285. The Morgan fingerprint density at radius 3 is 2.85 bits per heavy atom. The summed E-state index contributed by atoms with van der Waals surface area (Å²) in [5.41, 5.74) is 0. The van der Waals surface area contributed by atoms with E-state index in [9.17, 15) is 8.42 Å². The summed E-state index contributed by atoms with van der Waals surface area (Å²) < 4.78 is 21.3. The maximum atomic E-state index is 10.7. The summed E-state index contributed by atoms with van der Waals surface area (Å²) >= 11 is 0. The molecule has 0 aliphatic carbocycles. The van der Waals surface area contributed by atoms with E-state index in [2.05, 4.69) is 11.8 Å². The predicted octanol–water partition coefficient (Wildman–Crippen LogP) is 0.273. The van der Waals surface area contributed by atoms with E-state index in [0.717, 1.165) is 31.3 Å². The molecule has 1 saturated heterocycles. The van der Waals surface area contributed by atoms with E-state index in [1.54, 1.807) is 6.08 Å². The first kappa shape index (κ1) is 10.7. The summed E-state index contributed by atoms with van der Waals surface area (Å²) in [5, 5.41) is 5.97. The average Bonchev–Trinajstić information content (AvgIpc) is 2.46. The van der Waals surface area contributed by atoms with Crippen LogP contribution in [-0.2, 0) is 10.0 Å². The van der Waals surface area contributed by atoms with Gasteiger partial charge in [-0.15, -0.1) is 0 Å². The van der Waals surface area contributed by atoms with Crippen LogP contribution in [0, 0.1) is 0 Å². The molecule has 13 heavy (non-hydrogen) atoms. The van der Waals surface area contributed by atoms with Gasteiger partial charge in [-0.05, 0) is 25.9 Å². The maximum Gasteiger partial charge on any atom is 0.230 e. The van der Waals surface area contributed by atoms with Crippen molar-refractivity contribution in [2.45, 2.75) is 25.8 Å². The molecular weight excluding hydrogens is 188 g/mol. The van der Waals surface area contributed by atoms with Crippen LogP contribution in [0.15, 0.2) is 11.5 Å². The zero-order chi connectivity index (χ0) is 9.90. The molecule has 5 heteroatoms. The number of likely N-dealkylation sites (tertiary alicyclic amines) is 1. The van der Waals surface area contributed by atoms with Crippen LogP contribution in [0.1, 0.15) is 19.8 Å². The summed E-state index contributed by atoms with van der Waals surface area (Å²) in [6.45, 7) is 4.08. The minimum atomic E-state index is -3.45. The highest BCUT2D eigenvalue weighted by Gasteiger charge is 2.20. The van der Waals surface area contributed by atoms with Crippen molar-refractivity contribution in [3.63, 3.8) is 0 Å². The molecule has 1 heterocycles. The molecular formula is C8H16N2O2S. The second-order valence-electron chi connectivity index (χ2n) is 3.26. The summed E-state index contributed by atoms with van der Waals surface area (Å²) in [7, 11) is -3.45. The van der Waals surface area contributed by atoms with E-state index in [-0.39, 0.29) is 6.04 Å². The molecule has 1 fully saturated rings. The van der Waals surface area contributed by atoms with Crippen LogP contribution in [-0.4, -0.2) is 32.4 Å². The van der Waals surface area contributed by atoms with E-state index >= 15 is 0 Å². The Morgan fingerprint density at radius 2 is 2.31 bits per heavy atom. The average molecular weight is 204 g/mol. The molecule has 0 aromatic rings. The van der Waals surface area contributed by atoms with Gasteiger partial charge in [0.15, 0.2) is 0 Å². The molecule has 2 N–H and O–H groups in total.